The number of furan rings is 1. The number of rotatable bonds is 5. The highest BCUT2D eigenvalue weighted by molar-refractivity contribution is 7.98. The number of carbonyl (C=O) groups excluding carboxylic acids is 1. The molecule has 2 heterocycles. The monoisotopic (exact) mass is 365 g/mol. The fourth-order valence-corrected chi connectivity index (χ4v) is 3.22. The minimum atomic E-state index is -0.386. The first-order chi connectivity index (χ1) is 12.7. The number of hydrogen-bond acceptors (Lipinski definition) is 6. The predicted octanol–water partition coefficient (Wildman–Crippen LogP) is 5.17. The van der Waals surface area contributed by atoms with E-state index >= 15 is 0 Å². The fourth-order valence-electron chi connectivity index (χ4n) is 2.63. The van der Waals surface area contributed by atoms with Crippen molar-refractivity contribution in [1.29, 1.82) is 0 Å². The number of nitrogens with zero attached hydrogens (tertiary/aromatic N) is 1. The molecule has 0 N–H and O–H groups in total. The average Bonchev–Trinajstić information content (AvgIpc) is 3.32. The Bertz CT molecular complexity index is 1030. The van der Waals surface area contributed by atoms with Crippen LogP contribution < -0.4 is 0 Å². The lowest BCUT2D eigenvalue weighted by Gasteiger charge is -2.06. The Hall–Kier alpha value is -2.99. The van der Waals surface area contributed by atoms with Gasteiger partial charge >= 0.3 is 5.97 Å². The molecule has 0 aliphatic heterocycles. The van der Waals surface area contributed by atoms with Gasteiger partial charge in [0.15, 0.2) is 5.76 Å². The van der Waals surface area contributed by atoms with Crippen LogP contribution in [-0.2, 0) is 11.3 Å². The van der Waals surface area contributed by atoms with Crippen molar-refractivity contribution in [2.45, 2.75) is 11.5 Å². The molecule has 0 fully saturated rings. The summed E-state index contributed by atoms with van der Waals surface area (Å²) in [5, 5.41) is 4.94. The van der Waals surface area contributed by atoms with E-state index in [9.17, 15) is 4.79 Å². The number of hydrogen-bond donors (Lipinski definition) is 0. The molecule has 4 rings (SSSR count). The summed E-state index contributed by atoms with van der Waals surface area (Å²) in [5.41, 5.74) is 1.84. The molecule has 0 saturated carbocycles. The van der Waals surface area contributed by atoms with Gasteiger partial charge in [0.1, 0.15) is 17.9 Å². The lowest BCUT2D eigenvalue weighted by atomic mass is 10.2. The Kier molecular flexibility index (Phi) is 4.50. The Labute approximate surface area is 153 Å². The molecule has 2 aromatic heterocycles. The quantitative estimate of drug-likeness (QED) is 0.359. The van der Waals surface area contributed by atoms with Crippen LogP contribution in [0.25, 0.3) is 22.5 Å². The van der Waals surface area contributed by atoms with Gasteiger partial charge in [-0.05, 0) is 30.5 Å². The number of ether oxygens (including phenoxy) is 1. The molecule has 0 spiro atoms. The topological polar surface area (TPSA) is 65.5 Å². The number of para-hydroxylation sites is 1. The third-order valence-corrected chi connectivity index (χ3v) is 4.70. The van der Waals surface area contributed by atoms with Gasteiger partial charge in [-0.1, -0.05) is 35.5 Å². The van der Waals surface area contributed by atoms with Crippen LogP contribution in [0.4, 0.5) is 0 Å². The molecule has 2 aromatic carbocycles. The smallest absolute Gasteiger partial charge is 0.339 e. The van der Waals surface area contributed by atoms with Gasteiger partial charge in [0, 0.05) is 16.3 Å². The van der Waals surface area contributed by atoms with Crippen LogP contribution in [-0.4, -0.2) is 17.4 Å². The van der Waals surface area contributed by atoms with E-state index in [0.29, 0.717) is 22.8 Å². The van der Waals surface area contributed by atoms with E-state index in [1.54, 1.807) is 12.1 Å². The molecule has 6 heteroatoms. The van der Waals surface area contributed by atoms with E-state index in [1.807, 2.05) is 54.8 Å². The summed E-state index contributed by atoms with van der Waals surface area (Å²) >= 11 is 1.50. The zero-order chi connectivity index (χ0) is 17.9. The highest BCUT2D eigenvalue weighted by Crippen LogP contribution is 2.28. The maximum Gasteiger partial charge on any atom is 0.339 e. The summed E-state index contributed by atoms with van der Waals surface area (Å²) in [6.45, 7) is 0.0330. The number of aromatic nitrogens is 1. The first-order valence-electron chi connectivity index (χ1n) is 7.99. The van der Waals surface area contributed by atoms with Crippen molar-refractivity contribution in [3.8, 4) is 11.5 Å². The van der Waals surface area contributed by atoms with Crippen molar-refractivity contribution in [2.75, 3.05) is 6.26 Å². The molecule has 0 radical (unpaired) electrons. The van der Waals surface area contributed by atoms with Crippen molar-refractivity contribution >= 4 is 28.7 Å². The van der Waals surface area contributed by atoms with Crippen LogP contribution in [0, 0.1) is 0 Å². The molecule has 0 atom stereocenters. The third-order valence-electron chi connectivity index (χ3n) is 3.91. The first-order valence-corrected chi connectivity index (χ1v) is 9.22. The van der Waals surface area contributed by atoms with E-state index in [-0.39, 0.29) is 12.6 Å². The maximum atomic E-state index is 12.3. The van der Waals surface area contributed by atoms with Crippen LogP contribution in [0.3, 0.4) is 0 Å². The minimum Gasteiger partial charge on any atom is -0.455 e. The van der Waals surface area contributed by atoms with Gasteiger partial charge in [-0.25, -0.2) is 4.79 Å². The molecule has 0 aliphatic carbocycles. The molecular weight excluding hydrogens is 350 g/mol. The average molecular weight is 365 g/mol. The van der Waals surface area contributed by atoms with Crippen LogP contribution >= 0.6 is 11.8 Å². The lowest BCUT2D eigenvalue weighted by molar-refractivity contribution is 0.0460. The second kappa shape index (κ2) is 7.09. The maximum absolute atomic E-state index is 12.3. The minimum absolute atomic E-state index is 0.0330. The van der Waals surface area contributed by atoms with E-state index in [0.717, 1.165) is 15.9 Å². The van der Waals surface area contributed by atoms with Crippen molar-refractivity contribution in [3.63, 3.8) is 0 Å². The highest BCUT2D eigenvalue weighted by atomic mass is 32.2. The van der Waals surface area contributed by atoms with Gasteiger partial charge in [-0.2, -0.15) is 0 Å². The molecule has 0 saturated heterocycles. The SMILES string of the molecule is CSc1ccccc1C(=O)OCc1cc(-c2cc3ccccc3o2)on1. The molecule has 0 unspecified atom stereocenters. The second-order valence-electron chi connectivity index (χ2n) is 5.61. The van der Waals surface area contributed by atoms with Crippen molar-refractivity contribution < 1.29 is 18.5 Å². The third kappa shape index (κ3) is 3.23. The summed E-state index contributed by atoms with van der Waals surface area (Å²) in [6, 6.07) is 18.6. The summed E-state index contributed by atoms with van der Waals surface area (Å²) in [5.74, 6) is 0.698. The number of benzene rings is 2. The summed E-state index contributed by atoms with van der Waals surface area (Å²) in [4.78, 5) is 13.2. The predicted molar refractivity (Wildman–Crippen MR) is 99.1 cm³/mol. The van der Waals surface area contributed by atoms with E-state index < -0.39 is 0 Å². The van der Waals surface area contributed by atoms with Crippen molar-refractivity contribution in [3.05, 3.63) is 71.9 Å². The van der Waals surface area contributed by atoms with Crippen molar-refractivity contribution in [1.82, 2.24) is 5.16 Å². The molecular formula is C20H15NO4S. The number of thioether (sulfide) groups is 1. The zero-order valence-corrected chi connectivity index (χ0v) is 14.8. The number of carbonyl (C=O) groups is 1. The Morgan fingerprint density at radius 3 is 2.73 bits per heavy atom. The van der Waals surface area contributed by atoms with Gasteiger partial charge < -0.3 is 13.7 Å². The van der Waals surface area contributed by atoms with Gasteiger partial charge in [0.05, 0.1) is 5.56 Å². The lowest BCUT2D eigenvalue weighted by Crippen LogP contribution is -2.06. The van der Waals surface area contributed by atoms with Gasteiger partial charge in [-0.15, -0.1) is 11.8 Å². The van der Waals surface area contributed by atoms with Crippen LogP contribution in [0.5, 0.6) is 0 Å². The van der Waals surface area contributed by atoms with E-state index in [1.165, 1.54) is 11.8 Å². The standard InChI is InChI=1S/C20H15NO4S/c1-26-19-9-5-3-7-15(19)20(22)23-12-14-11-18(25-21-14)17-10-13-6-2-4-8-16(13)24-17/h2-11H,12H2,1H3. The number of esters is 1. The molecule has 130 valence electrons. The van der Waals surface area contributed by atoms with Gasteiger partial charge in [0.25, 0.3) is 0 Å². The molecule has 0 amide bonds. The van der Waals surface area contributed by atoms with E-state index in [4.69, 9.17) is 13.7 Å². The molecule has 5 nitrogen and oxygen atoms in total. The molecule has 4 aromatic rings. The number of fused-ring (bicyclic) bond motifs is 1. The Morgan fingerprint density at radius 1 is 1.08 bits per heavy atom. The normalized spacial score (nSPS) is 11.0. The molecule has 0 aliphatic rings. The van der Waals surface area contributed by atoms with Crippen LogP contribution in [0.1, 0.15) is 16.1 Å². The molecule has 0 bridgehead atoms. The zero-order valence-electron chi connectivity index (χ0n) is 14.0. The largest absolute Gasteiger partial charge is 0.455 e. The Morgan fingerprint density at radius 2 is 1.88 bits per heavy atom. The Balaban J connectivity index is 1.47. The van der Waals surface area contributed by atoms with Crippen LogP contribution in [0.2, 0.25) is 0 Å². The summed E-state index contributed by atoms with van der Waals surface area (Å²) in [7, 11) is 0. The van der Waals surface area contributed by atoms with Gasteiger partial charge in [0.2, 0.25) is 5.76 Å². The second-order valence-corrected chi connectivity index (χ2v) is 6.46. The fraction of sp³-hybridized carbons (Fsp3) is 0.100. The van der Waals surface area contributed by atoms with Crippen molar-refractivity contribution in [2.24, 2.45) is 0 Å². The van der Waals surface area contributed by atoms with Crippen LogP contribution in [0.15, 0.2) is 74.5 Å². The van der Waals surface area contributed by atoms with E-state index in [2.05, 4.69) is 5.16 Å². The first kappa shape index (κ1) is 16.5. The summed E-state index contributed by atoms with van der Waals surface area (Å²) < 4.78 is 16.4. The molecule has 26 heavy (non-hydrogen) atoms. The highest BCUT2D eigenvalue weighted by Gasteiger charge is 2.15. The van der Waals surface area contributed by atoms with Gasteiger partial charge in [-0.3, -0.25) is 0 Å². The summed E-state index contributed by atoms with van der Waals surface area (Å²) in [6.07, 6.45) is 1.92.